The van der Waals surface area contributed by atoms with E-state index in [0.29, 0.717) is 40.6 Å². The van der Waals surface area contributed by atoms with E-state index in [1.54, 1.807) is 14.2 Å². The second kappa shape index (κ2) is 10.8. The minimum Gasteiger partial charge on any atom is -0.493 e. The van der Waals surface area contributed by atoms with Gasteiger partial charge in [0.25, 0.3) is 5.56 Å². The monoisotopic (exact) mass is 479 g/mol. The Balaban J connectivity index is 1.60. The number of aromatic amines is 1. The van der Waals surface area contributed by atoms with Gasteiger partial charge in [-0.1, -0.05) is 43.3 Å². The molecule has 0 aliphatic rings. The number of hydrogen-bond acceptors (Lipinski definition) is 7. The highest BCUT2D eigenvalue weighted by atomic mass is 32.1. The molecule has 0 saturated carbocycles. The van der Waals surface area contributed by atoms with E-state index in [-0.39, 0.29) is 5.56 Å². The van der Waals surface area contributed by atoms with Gasteiger partial charge in [0.2, 0.25) is 0 Å². The van der Waals surface area contributed by atoms with Gasteiger partial charge in [-0.2, -0.15) is 0 Å². The molecule has 2 N–H and O–H groups in total. The van der Waals surface area contributed by atoms with Gasteiger partial charge in [0.05, 0.1) is 32.3 Å². The van der Waals surface area contributed by atoms with Gasteiger partial charge in [-0.25, -0.2) is 4.98 Å². The van der Waals surface area contributed by atoms with Crippen LogP contribution in [0.5, 0.6) is 11.5 Å². The number of ether oxygens (including phenoxy) is 2. The molecular weight excluding hydrogens is 450 g/mol. The third-order valence-corrected chi connectivity index (χ3v) is 6.59. The minimum absolute atomic E-state index is 0.175. The molecule has 2 aromatic heterocycles. The predicted molar refractivity (Wildman–Crippen MR) is 136 cm³/mol. The quantitative estimate of drug-likeness (QED) is 0.345. The second-order valence-corrected chi connectivity index (χ2v) is 8.93. The highest BCUT2D eigenvalue weighted by Crippen LogP contribution is 2.36. The lowest BCUT2D eigenvalue weighted by atomic mass is 10.1. The maximum Gasteiger partial charge on any atom is 0.260 e. The minimum atomic E-state index is -0.610. The number of aromatic nitrogens is 2. The van der Waals surface area contributed by atoms with Gasteiger partial charge < -0.3 is 19.6 Å². The van der Waals surface area contributed by atoms with Crippen molar-refractivity contribution in [1.82, 2.24) is 14.9 Å². The van der Waals surface area contributed by atoms with Gasteiger partial charge in [0, 0.05) is 17.5 Å². The van der Waals surface area contributed by atoms with Crippen molar-refractivity contribution in [3.63, 3.8) is 0 Å². The van der Waals surface area contributed by atoms with E-state index in [1.165, 1.54) is 11.3 Å². The summed E-state index contributed by atoms with van der Waals surface area (Å²) in [6, 6.07) is 15.2. The number of aliphatic hydroxyl groups excluding tert-OH is 1. The van der Waals surface area contributed by atoms with E-state index < -0.39 is 6.10 Å². The maximum absolute atomic E-state index is 13.1. The zero-order valence-electron chi connectivity index (χ0n) is 19.6. The molecular formula is C26H29N3O4S. The average molecular weight is 480 g/mol. The summed E-state index contributed by atoms with van der Waals surface area (Å²) >= 11 is 1.44. The molecule has 2 heterocycles. The van der Waals surface area contributed by atoms with Crippen molar-refractivity contribution in [1.29, 1.82) is 0 Å². The first-order chi connectivity index (χ1) is 16.5. The number of benzene rings is 2. The normalized spacial score (nSPS) is 12.3. The van der Waals surface area contributed by atoms with E-state index in [9.17, 15) is 9.90 Å². The Bertz CT molecular complexity index is 1300. The van der Waals surface area contributed by atoms with Crippen molar-refractivity contribution < 1.29 is 14.6 Å². The number of methoxy groups -OCH3 is 2. The van der Waals surface area contributed by atoms with Crippen molar-refractivity contribution >= 4 is 21.6 Å². The van der Waals surface area contributed by atoms with Crippen LogP contribution in [0.4, 0.5) is 0 Å². The molecule has 178 valence electrons. The van der Waals surface area contributed by atoms with Crippen LogP contribution in [0.1, 0.15) is 30.8 Å². The number of hydrogen-bond donors (Lipinski definition) is 2. The topological polar surface area (TPSA) is 87.7 Å². The van der Waals surface area contributed by atoms with Gasteiger partial charge in [-0.3, -0.25) is 9.69 Å². The Morgan fingerprint density at radius 2 is 1.88 bits per heavy atom. The van der Waals surface area contributed by atoms with Gasteiger partial charge in [-0.05, 0) is 36.2 Å². The van der Waals surface area contributed by atoms with Gasteiger partial charge in [0.1, 0.15) is 10.7 Å². The van der Waals surface area contributed by atoms with Crippen LogP contribution >= 0.6 is 11.3 Å². The first-order valence-electron chi connectivity index (χ1n) is 11.2. The number of thiophene rings is 1. The van der Waals surface area contributed by atoms with Crippen LogP contribution in [0.2, 0.25) is 0 Å². The molecule has 1 atom stereocenters. The number of nitrogens with zero attached hydrogens (tertiary/aromatic N) is 2. The van der Waals surface area contributed by atoms with Crippen LogP contribution in [0.15, 0.2) is 58.7 Å². The summed E-state index contributed by atoms with van der Waals surface area (Å²) in [5.74, 6) is 1.83. The van der Waals surface area contributed by atoms with E-state index >= 15 is 0 Å². The Morgan fingerprint density at radius 1 is 1.12 bits per heavy atom. The molecule has 0 bridgehead atoms. The molecule has 8 heteroatoms. The zero-order valence-corrected chi connectivity index (χ0v) is 20.4. The molecule has 0 unspecified atom stereocenters. The number of nitrogens with one attached hydrogen (secondary N) is 1. The highest BCUT2D eigenvalue weighted by Gasteiger charge is 2.18. The van der Waals surface area contributed by atoms with Gasteiger partial charge in [-0.15, -0.1) is 11.3 Å². The fraction of sp³-hybridized carbons (Fsp3) is 0.308. The maximum atomic E-state index is 13.1. The van der Waals surface area contributed by atoms with Crippen molar-refractivity contribution in [2.24, 2.45) is 0 Å². The van der Waals surface area contributed by atoms with Crippen LogP contribution < -0.4 is 15.0 Å². The summed E-state index contributed by atoms with van der Waals surface area (Å²) < 4.78 is 10.7. The van der Waals surface area contributed by atoms with Crippen molar-refractivity contribution in [3.8, 4) is 22.6 Å². The summed E-state index contributed by atoms with van der Waals surface area (Å²) in [5.41, 5.74) is 2.37. The number of H-pyrrole nitrogens is 1. The largest absolute Gasteiger partial charge is 0.493 e. The Hall–Kier alpha value is -3.20. The molecule has 0 amide bonds. The molecule has 0 aliphatic carbocycles. The van der Waals surface area contributed by atoms with Crippen molar-refractivity contribution in [3.05, 3.63) is 75.7 Å². The van der Waals surface area contributed by atoms with Gasteiger partial charge in [0.15, 0.2) is 11.5 Å². The zero-order chi connectivity index (χ0) is 24.1. The lowest BCUT2D eigenvalue weighted by Gasteiger charge is -2.24. The lowest BCUT2D eigenvalue weighted by Crippen LogP contribution is -2.30. The summed E-state index contributed by atoms with van der Waals surface area (Å²) in [6.45, 7) is 3.79. The van der Waals surface area contributed by atoms with Crippen LogP contribution in [0, 0.1) is 0 Å². The first-order valence-corrected chi connectivity index (χ1v) is 12.1. The third kappa shape index (κ3) is 5.14. The van der Waals surface area contributed by atoms with Gasteiger partial charge >= 0.3 is 0 Å². The smallest absolute Gasteiger partial charge is 0.260 e. The predicted octanol–water partition coefficient (Wildman–Crippen LogP) is 4.61. The molecule has 34 heavy (non-hydrogen) atoms. The summed E-state index contributed by atoms with van der Waals surface area (Å²) in [5, 5.41) is 13.2. The Morgan fingerprint density at radius 3 is 2.59 bits per heavy atom. The molecule has 0 aliphatic heterocycles. The average Bonchev–Trinajstić information content (AvgIpc) is 3.29. The van der Waals surface area contributed by atoms with E-state index in [2.05, 4.69) is 16.8 Å². The molecule has 4 aromatic rings. The molecule has 0 fully saturated rings. The molecule has 0 radical (unpaired) electrons. The summed E-state index contributed by atoms with van der Waals surface area (Å²) in [4.78, 5) is 23.6. The molecule has 4 rings (SSSR count). The van der Waals surface area contributed by atoms with E-state index in [0.717, 1.165) is 29.7 Å². The standard InChI is InChI=1S/C26H29N3O4S/c1-4-12-29(14-20(30)17-8-6-5-7-9-17)15-23-27-25(31)24-19(16-34-26(24)28-23)18-10-11-21(32-2)22(13-18)33-3/h5-11,13,16,20,30H,4,12,14-15H2,1-3H3,(H,27,28,31)/t20-/m1/s1. The third-order valence-electron chi connectivity index (χ3n) is 5.72. The number of fused-ring (bicyclic) bond motifs is 1. The van der Waals surface area contributed by atoms with Crippen LogP contribution in [0.25, 0.3) is 21.3 Å². The fourth-order valence-corrected chi connectivity index (χ4v) is 5.04. The first kappa shape index (κ1) is 23.9. The SMILES string of the molecule is CCCN(Cc1nc2scc(-c3ccc(OC)c(OC)c3)c2c(=O)[nH]1)C[C@@H](O)c1ccccc1. The van der Waals surface area contributed by atoms with Crippen LogP contribution in [0.3, 0.4) is 0 Å². The Labute approximate surface area is 202 Å². The van der Waals surface area contributed by atoms with Crippen molar-refractivity contribution in [2.45, 2.75) is 26.0 Å². The number of rotatable bonds is 10. The summed E-state index contributed by atoms with van der Waals surface area (Å²) in [6.07, 6.45) is 0.317. The Kier molecular flexibility index (Phi) is 7.62. The van der Waals surface area contributed by atoms with E-state index in [1.807, 2.05) is 53.9 Å². The summed E-state index contributed by atoms with van der Waals surface area (Å²) in [7, 11) is 3.18. The fourth-order valence-electron chi connectivity index (χ4n) is 4.07. The van der Waals surface area contributed by atoms with E-state index in [4.69, 9.17) is 14.5 Å². The molecule has 0 saturated heterocycles. The molecule has 2 aromatic carbocycles. The van der Waals surface area contributed by atoms with Crippen LogP contribution in [-0.4, -0.2) is 47.3 Å². The molecule has 0 spiro atoms. The second-order valence-electron chi connectivity index (χ2n) is 8.07. The highest BCUT2D eigenvalue weighted by molar-refractivity contribution is 7.17. The van der Waals surface area contributed by atoms with Crippen LogP contribution in [-0.2, 0) is 6.54 Å². The van der Waals surface area contributed by atoms with Crippen molar-refractivity contribution in [2.75, 3.05) is 27.3 Å². The number of aliphatic hydroxyl groups is 1. The molecule has 7 nitrogen and oxygen atoms in total. The lowest BCUT2D eigenvalue weighted by molar-refractivity contribution is 0.107.